The number of sulfonamides is 1. The van der Waals surface area contributed by atoms with Crippen molar-refractivity contribution in [2.24, 2.45) is 0 Å². The van der Waals surface area contributed by atoms with Crippen LogP contribution in [0, 0.1) is 25.5 Å². The summed E-state index contributed by atoms with van der Waals surface area (Å²) in [5, 5.41) is 3.41. The Labute approximate surface area is 245 Å². The van der Waals surface area contributed by atoms with Gasteiger partial charge >= 0.3 is 0 Å². The van der Waals surface area contributed by atoms with Crippen molar-refractivity contribution in [3.8, 4) is 5.75 Å². The van der Waals surface area contributed by atoms with Gasteiger partial charge in [-0.1, -0.05) is 42.5 Å². The van der Waals surface area contributed by atoms with Crippen LogP contribution >= 0.6 is 0 Å². The molecule has 0 radical (unpaired) electrons. The highest BCUT2D eigenvalue weighted by atomic mass is 32.2. The Morgan fingerprint density at radius 2 is 1.83 bits per heavy atom. The van der Waals surface area contributed by atoms with Crippen molar-refractivity contribution >= 4 is 21.5 Å². The van der Waals surface area contributed by atoms with Gasteiger partial charge in [-0.15, -0.1) is 0 Å². The van der Waals surface area contributed by atoms with Crippen LogP contribution in [0.1, 0.15) is 28.7 Å². The van der Waals surface area contributed by atoms with E-state index in [1.807, 2.05) is 31.2 Å². The molecule has 1 N–H and O–H groups in total. The SMILES string of the molecule is COc1cc(C)ccc1CN(c1ccc(F)cn1)S(=O)(=O)c1cc(C)c(N[C@H]2CCN(Cc3ccccc3)C2)cc1F. The third-order valence-electron chi connectivity index (χ3n) is 7.45. The van der Waals surface area contributed by atoms with E-state index in [-0.39, 0.29) is 18.4 Å². The molecule has 0 aliphatic carbocycles. The van der Waals surface area contributed by atoms with Gasteiger partial charge in [-0.25, -0.2) is 26.5 Å². The van der Waals surface area contributed by atoms with Crippen molar-refractivity contribution in [2.45, 2.75) is 44.3 Å². The molecular formula is C32H34F2N4O3S. The van der Waals surface area contributed by atoms with Gasteiger partial charge < -0.3 is 10.1 Å². The molecule has 0 bridgehead atoms. The van der Waals surface area contributed by atoms with Crippen molar-refractivity contribution in [1.82, 2.24) is 9.88 Å². The topological polar surface area (TPSA) is 74.8 Å². The van der Waals surface area contributed by atoms with Crippen LogP contribution in [-0.4, -0.2) is 44.5 Å². The second kappa shape index (κ2) is 12.5. The van der Waals surface area contributed by atoms with Gasteiger partial charge in [0.05, 0.1) is 19.9 Å². The lowest BCUT2D eigenvalue weighted by atomic mass is 10.1. The van der Waals surface area contributed by atoms with Gasteiger partial charge in [-0.3, -0.25) is 4.90 Å². The maximum Gasteiger partial charge on any atom is 0.268 e. The van der Waals surface area contributed by atoms with Gasteiger partial charge in [0.25, 0.3) is 10.0 Å². The van der Waals surface area contributed by atoms with Crippen molar-refractivity contribution in [2.75, 3.05) is 29.8 Å². The molecule has 4 aromatic rings. The lowest BCUT2D eigenvalue weighted by molar-refractivity contribution is 0.328. The summed E-state index contributed by atoms with van der Waals surface area (Å²) in [5.41, 5.74) is 3.86. The van der Waals surface area contributed by atoms with E-state index >= 15 is 4.39 Å². The summed E-state index contributed by atoms with van der Waals surface area (Å²) < 4.78 is 63.9. The van der Waals surface area contributed by atoms with E-state index in [1.165, 1.54) is 30.9 Å². The molecule has 1 saturated heterocycles. The molecule has 5 rings (SSSR count). The first-order valence-corrected chi connectivity index (χ1v) is 15.2. The average Bonchev–Trinajstić information content (AvgIpc) is 3.41. The first kappa shape index (κ1) is 29.5. The van der Waals surface area contributed by atoms with Crippen LogP contribution in [0.25, 0.3) is 0 Å². The summed E-state index contributed by atoms with van der Waals surface area (Å²) in [5.74, 6) is -1.06. The first-order valence-electron chi connectivity index (χ1n) is 13.7. The molecule has 1 fully saturated rings. The standard InChI is InChI=1S/C32H34F2N4O3S/c1-22-9-10-25(30(15-22)41-3)20-38(32-12-11-26(33)18-35-32)42(39,40)31-16-23(2)29(17-28(31)34)36-27-13-14-37(21-27)19-24-7-5-4-6-8-24/h4-12,15-18,27,36H,13-14,19-21H2,1-3H3/t27-/m0/s1. The number of benzene rings is 3. The van der Waals surface area contributed by atoms with Crippen molar-refractivity contribution in [3.05, 3.63) is 113 Å². The van der Waals surface area contributed by atoms with Gasteiger partial charge in [0, 0.05) is 36.9 Å². The maximum absolute atomic E-state index is 15.7. The number of hydrogen-bond acceptors (Lipinski definition) is 6. The number of hydrogen-bond donors (Lipinski definition) is 1. The summed E-state index contributed by atoms with van der Waals surface area (Å²) in [6, 6.07) is 20.7. The van der Waals surface area contributed by atoms with Crippen molar-refractivity contribution in [1.29, 1.82) is 0 Å². The number of rotatable bonds is 10. The Kier molecular flexibility index (Phi) is 8.74. The molecule has 10 heteroatoms. The molecule has 1 aliphatic heterocycles. The van der Waals surface area contributed by atoms with Crippen LogP contribution in [-0.2, 0) is 23.1 Å². The van der Waals surface area contributed by atoms with Crippen LogP contribution in [0.5, 0.6) is 5.75 Å². The summed E-state index contributed by atoms with van der Waals surface area (Å²) in [6.07, 6.45) is 1.82. The summed E-state index contributed by atoms with van der Waals surface area (Å²) in [6.45, 7) is 5.98. The Morgan fingerprint density at radius 3 is 2.55 bits per heavy atom. The summed E-state index contributed by atoms with van der Waals surface area (Å²) >= 11 is 0. The van der Waals surface area contributed by atoms with E-state index in [0.29, 0.717) is 22.6 Å². The molecule has 7 nitrogen and oxygen atoms in total. The number of anilines is 2. The monoisotopic (exact) mass is 592 g/mol. The second-order valence-electron chi connectivity index (χ2n) is 10.6. The minimum absolute atomic E-state index is 0.0391. The Hall–Kier alpha value is -4.02. The summed E-state index contributed by atoms with van der Waals surface area (Å²) in [4.78, 5) is 5.86. The predicted octanol–water partition coefficient (Wildman–Crippen LogP) is 6.07. The minimum Gasteiger partial charge on any atom is -0.496 e. The van der Waals surface area contributed by atoms with Crippen LogP contribution in [0.2, 0.25) is 0 Å². The molecule has 1 atom stereocenters. The Bertz CT molecular complexity index is 1650. The van der Waals surface area contributed by atoms with Crippen LogP contribution in [0.15, 0.2) is 83.9 Å². The molecule has 0 unspecified atom stereocenters. The first-order chi connectivity index (χ1) is 20.1. The zero-order valence-electron chi connectivity index (χ0n) is 23.8. The number of nitrogens with one attached hydrogen (secondary N) is 1. The fourth-order valence-corrected chi connectivity index (χ4v) is 6.76. The highest BCUT2D eigenvalue weighted by molar-refractivity contribution is 7.92. The molecule has 0 amide bonds. The highest BCUT2D eigenvalue weighted by Crippen LogP contribution is 2.32. The lowest BCUT2D eigenvalue weighted by Gasteiger charge is -2.25. The number of halogens is 2. The Morgan fingerprint density at radius 1 is 1.05 bits per heavy atom. The number of aryl methyl sites for hydroxylation is 2. The number of likely N-dealkylation sites (tertiary alicyclic amines) is 1. The molecule has 42 heavy (non-hydrogen) atoms. The van der Waals surface area contributed by atoms with Gasteiger partial charge in [-0.05, 0) is 67.3 Å². The second-order valence-corrected chi connectivity index (χ2v) is 12.4. The smallest absolute Gasteiger partial charge is 0.268 e. The third kappa shape index (κ3) is 6.55. The van der Waals surface area contributed by atoms with Gasteiger partial charge in [0.15, 0.2) is 0 Å². The predicted molar refractivity (Wildman–Crippen MR) is 160 cm³/mol. The zero-order valence-corrected chi connectivity index (χ0v) is 24.7. The number of aromatic nitrogens is 1. The van der Waals surface area contributed by atoms with E-state index in [0.717, 1.165) is 48.2 Å². The van der Waals surface area contributed by atoms with Gasteiger partial charge in [0.2, 0.25) is 0 Å². The summed E-state index contributed by atoms with van der Waals surface area (Å²) in [7, 11) is -2.97. The number of pyridine rings is 1. The Balaban J connectivity index is 1.41. The maximum atomic E-state index is 15.7. The number of nitrogens with zero attached hydrogens (tertiary/aromatic N) is 3. The number of ether oxygens (including phenoxy) is 1. The van der Waals surface area contributed by atoms with E-state index in [9.17, 15) is 12.8 Å². The normalized spacial score (nSPS) is 15.5. The molecular weight excluding hydrogens is 558 g/mol. The van der Waals surface area contributed by atoms with E-state index in [1.54, 1.807) is 19.1 Å². The minimum atomic E-state index is -4.46. The molecule has 2 heterocycles. The van der Waals surface area contributed by atoms with E-state index < -0.39 is 26.6 Å². The third-order valence-corrected chi connectivity index (χ3v) is 9.22. The largest absolute Gasteiger partial charge is 0.496 e. The quantitative estimate of drug-likeness (QED) is 0.241. The lowest BCUT2D eigenvalue weighted by Crippen LogP contribution is -2.32. The highest BCUT2D eigenvalue weighted by Gasteiger charge is 2.31. The molecule has 0 saturated carbocycles. The number of methoxy groups -OCH3 is 1. The van der Waals surface area contributed by atoms with E-state index in [2.05, 4.69) is 27.3 Å². The molecule has 3 aromatic carbocycles. The molecule has 1 aromatic heterocycles. The fourth-order valence-electron chi connectivity index (χ4n) is 5.22. The molecule has 0 spiro atoms. The fraction of sp³-hybridized carbons (Fsp3) is 0.281. The van der Waals surface area contributed by atoms with Crippen LogP contribution in [0.4, 0.5) is 20.3 Å². The van der Waals surface area contributed by atoms with Crippen molar-refractivity contribution < 1.29 is 21.9 Å². The average molecular weight is 593 g/mol. The van der Waals surface area contributed by atoms with Crippen molar-refractivity contribution in [3.63, 3.8) is 0 Å². The van der Waals surface area contributed by atoms with Gasteiger partial charge in [0.1, 0.15) is 28.1 Å². The van der Waals surface area contributed by atoms with E-state index in [4.69, 9.17) is 4.74 Å². The molecule has 220 valence electrons. The van der Waals surface area contributed by atoms with Gasteiger partial charge in [-0.2, -0.15) is 0 Å². The van der Waals surface area contributed by atoms with Crippen LogP contribution < -0.4 is 14.4 Å². The zero-order chi connectivity index (χ0) is 29.9. The molecule has 1 aliphatic rings. The van der Waals surface area contributed by atoms with Crippen LogP contribution in [0.3, 0.4) is 0 Å².